The van der Waals surface area contributed by atoms with Crippen LogP contribution in [0.1, 0.15) is 6.42 Å². The van der Waals surface area contributed by atoms with Gasteiger partial charge in [0.1, 0.15) is 0 Å². The summed E-state index contributed by atoms with van der Waals surface area (Å²) >= 11 is 0. The molecule has 1 aromatic rings. The van der Waals surface area contributed by atoms with Crippen molar-refractivity contribution in [3.05, 3.63) is 28.3 Å². The Balaban J connectivity index is 2.32. The number of anilines is 1. The third kappa shape index (κ3) is 2.12. The van der Waals surface area contributed by atoms with Crippen molar-refractivity contribution in [3.8, 4) is 5.75 Å². The number of hydrogen-bond donors (Lipinski definition) is 2. The van der Waals surface area contributed by atoms with E-state index >= 15 is 0 Å². The van der Waals surface area contributed by atoms with Crippen LogP contribution in [0.3, 0.4) is 0 Å². The number of amides is 1. The number of rotatable bonds is 3. The summed E-state index contributed by atoms with van der Waals surface area (Å²) in [5.74, 6) is -0.443. The zero-order chi connectivity index (χ0) is 13.3. The van der Waals surface area contributed by atoms with Gasteiger partial charge in [-0.1, -0.05) is 0 Å². The molecule has 2 rings (SSSR count). The van der Waals surface area contributed by atoms with Gasteiger partial charge in [0.15, 0.2) is 5.75 Å². The molecule has 7 heteroatoms. The maximum absolute atomic E-state index is 11.7. The van der Waals surface area contributed by atoms with Gasteiger partial charge in [0.05, 0.1) is 10.6 Å². The minimum Gasteiger partial charge on any atom is -0.502 e. The van der Waals surface area contributed by atoms with Crippen molar-refractivity contribution >= 4 is 17.3 Å². The maximum Gasteiger partial charge on any atom is 0.312 e. The summed E-state index contributed by atoms with van der Waals surface area (Å²) in [4.78, 5) is 23.2. The number of aromatic hydroxyl groups is 1. The molecule has 18 heavy (non-hydrogen) atoms. The lowest BCUT2D eigenvalue weighted by molar-refractivity contribution is -0.385. The average Bonchev–Trinajstić information content (AvgIpc) is 2.71. The van der Waals surface area contributed by atoms with Crippen LogP contribution in [0, 0.1) is 16.0 Å². The number of hydrogen-bond acceptors (Lipinski definition) is 5. The molecule has 1 aromatic carbocycles. The van der Waals surface area contributed by atoms with Gasteiger partial charge in [0.2, 0.25) is 5.91 Å². The van der Waals surface area contributed by atoms with Gasteiger partial charge >= 0.3 is 5.69 Å². The lowest BCUT2D eigenvalue weighted by Crippen LogP contribution is -2.25. The molecule has 0 saturated carbocycles. The first-order valence-corrected chi connectivity index (χ1v) is 5.50. The number of benzene rings is 1. The van der Waals surface area contributed by atoms with Crippen molar-refractivity contribution in [1.29, 1.82) is 0 Å². The third-order valence-corrected chi connectivity index (χ3v) is 3.01. The van der Waals surface area contributed by atoms with Crippen LogP contribution in [-0.2, 0) is 4.79 Å². The summed E-state index contributed by atoms with van der Waals surface area (Å²) in [6.07, 6.45) is 0.352. The van der Waals surface area contributed by atoms with E-state index in [2.05, 4.69) is 0 Å². The van der Waals surface area contributed by atoms with Gasteiger partial charge in [-0.2, -0.15) is 0 Å². The zero-order valence-electron chi connectivity index (χ0n) is 9.57. The zero-order valence-corrected chi connectivity index (χ0v) is 9.57. The van der Waals surface area contributed by atoms with Crippen molar-refractivity contribution in [3.63, 3.8) is 0 Å². The van der Waals surface area contributed by atoms with Crippen molar-refractivity contribution in [1.82, 2.24) is 0 Å². The minimum absolute atomic E-state index is 0.0744. The molecule has 1 amide bonds. The van der Waals surface area contributed by atoms with E-state index in [9.17, 15) is 20.0 Å². The number of nitro groups is 1. The second kappa shape index (κ2) is 4.61. The van der Waals surface area contributed by atoms with Crippen LogP contribution in [0.15, 0.2) is 18.2 Å². The van der Waals surface area contributed by atoms with Crippen LogP contribution in [0.4, 0.5) is 11.4 Å². The number of phenols is 1. The predicted octanol–water partition coefficient (Wildman–Crippen LogP) is 0.612. The number of nitrogens with two attached hydrogens (primary N) is 1. The molecule has 1 unspecified atom stereocenters. The van der Waals surface area contributed by atoms with Gasteiger partial charge in [0, 0.05) is 19.0 Å². The minimum atomic E-state index is -0.681. The van der Waals surface area contributed by atoms with Crippen LogP contribution >= 0.6 is 0 Å². The summed E-state index contributed by atoms with van der Waals surface area (Å²) in [5, 5.41) is 20.1. The molecule has 0 spiro atoms. The Morgan fingerprint density at radius 2 is 2.28 bits per heavy atom. The van der Waals surface area contributed by atoms with Gasteiger partial charge in [-0.05, 0) is 24.6 Å². The summed E-state index contributed by atoms with van der Waals surface area (Å²) < 4.78 is 0. The molecule has 1 fully saturated rings. The summed E-state index contributed by atoms with van der Waals surface area (Å²) in [7, 11) is 0. The summed E-state index contributed by atoms with van der Waals surface area (Å²) in [5.41, 5.74) is 5.52. The Morgan fingerprint density at radius 1 is 1.56 bits per heavy atom. The van der Waals surface area contributed by atoms with Crippen molar-refractivity contribution in [2.45, 2.75) is 6.42 Å². The summed E-state index contributed by atoms with van der Waals surface area (Å²) in [6, 6.07) is 3.90. The lowest BCUT2D eigenvalue weighted by Gasteiger charge is -2.16. The number of nitrogens with zero attached hydrogens (tertiary/aromatic N) is 2. The molecule has 7 nitrogen and oxygen atoms in total. The van der Waals surface area contributed by atoms with Crippen LogP contribution in [0.25, 0.3) is 0 Å². The average molecular weight is 251 g/mol. The van der Waals surface area contributed by atoms with Crippen LogP contribution in [0.5, 0.6) is 5.75 Å². The van der Waals surface area contributed by atoms with Crippen LogP contribution in [0.2, 0.25) is 0 Å². The van der Waals surface area contributed by atoms with Gasteiger partial charge in [-0.15, -0.1) is 0 Å². The Kier molecular flexibility index (Phi) is 3.15. The summed E-state index contributed by atoms with van der Waals surface area (Å²) in [6.45, 7) is 0.861. The van der Waals surface area contributed by atoms with Crippen molar-refractivity contribution < 1.29 is 14.8 Å². The molecule has 1 atom stereocenters. The highest BCUT2D eigenvalue weighted by Gasteiger charge is 2.30. The SMILES string of the molecule is NCC1CC(=O)N(c2ccc(O)c([N+](=O)[O-])c2)C1. The highest BCUT2D eigenvalue weighted by molar-refractivity contribution is 5.96. The highest BCUT2D eigenvalue weighted by atomic mass is 16.6. The van der Waals surface area contributed by atoms with Crippen molar-refractivity contribution in [2.24, 2.45) is 11.7 Å². The second-order valence-corrected chi connectivity index (χ2v) is 4.24. The van der Waals surface area contributed by atoms with Gasteiger partial charge in [-0.3, -0.25) is 14.9 Å². The molecule has 0 aromatic heterocycles. The molecule has 96 valence electrons. The Labute approximate surface area is 103 Å². The van der Waals surface area contributed by atoms with Crippen LogP contribution < -0.4 is 10.6 Å². The van der Waals surface area contributed by atoms with Crippen LogP contribution in [-0.4, -0.2) is 29.0 Å². The van der Waals surface area contributed by atoms with E-state index in [4.69, 9.17) is 5.73 Å². The molecular weight excluding hydrogens is 238 g/mol. The molecule has 1 heterocycles. The number of nitro benzene ring substituents is 1. The predicted molar refractivity (Wildman–Crippen MR) is 64.3 cm³/mol. The number of carbonyl (C=O) groups is 1. The molecule has 0 aliphatic carbocycles. The van der Waals surface area contributed by atoms with E-state index in [0.29, 0.717) is 25.2 Å². The molecule has 1 aliphatic heterocycles. The van der Waals surface area contributed by atoms with E-state index < -0.39 is 16.4 Å². The fraction of sp³-hybridized carbons (Fsp3) is 0.364. The Morgan fingerprint density at radius 3 is 2.83 bits per heavy atom. The first kappa shape index (κ1) is 12.3. The Bertz CT molecular complexity index is 503. The van der Waals surface area contributed by atoms with Gasteiger partial charge in [0.25, 0.3) is 0 Å². The normalized spacial score (nSPS) is 19.3. The molecule has 1 saturated heterocycles. The van der Waals surface area contributed by atoms with E-state index in [0.717, 1.165) is 0 Å². The number of phenolic OH excluding ortho intramolecular Hbond substituents is 1. The molecule has 3 N–H and O–H groups in total. The first-order chi connectivity index (χ1) is 8.52. The van der Waals surface area contributed by atoms with Gasteiger partial charge in [-0.25, -0.2) is 0 Å². The Hall–Kier alpha value is -2.15. The standard InChI is InChI=1S/C11H13N3O4/c12-5-7-3-11(16)13(6-7)8-1-2-10(15)9(4-8)14(17)18/h1-2,4,7,15H,3,5-6,12H2. The molecule has 0 radical (unpaired) electrons. The second-order valence-electron chi connectivity index (χ2n) is 4.24. The molecule has 0 bridgehead atoms. The smallest absolute Gasteiger partial charge is 0.312 e. The van der Waals surface area contributed by atoms with Gasteiger partial charge < -0.3 is 15.7 Å². The van der Waals surface area contributed by atoms with E-state index in [1.54, 1.807) is 0 Å². The molecular formula is C11H13N3O4. The van der Waals surface area contributed by atoms with E-state index in [-0.39, 0.29) is 11.8 Å². The topological polar surface area (TPSA) is 110 Å². The molecule has 1 aliphatic rings. The lowest BCUT2D eigenvalue weighted by atomic mass is 10.1. The fourth-order valence-corrected chi connectivity index (χ4v) is 2.01. The monoisotopic (exact) mass is 251 g/mol. The highest BCUT2D eigenvalue weighted by Crippen LogP contribution is 2.32. The largest absolute Gasteiger partial charge is 0.502 e. The van der Waals surface area contributed by atoms with Crippen molar-refractivity contribution in [2.75, 3.05) is 18.0 Å². The third-order valence-electron chi connectivity index (χ3n) is 3.01. The number of carbonyl (C=O) groups excluding carboxylic acids is 1. The van der Waals surface area contributed by atoms with E-state index in [1.165, 1.54) is 23.1 Å². The first-order valence-electron chi connectivity index (χ1n) is 5.50. The maximum atomic E-state index is 11.7. The fourth-order valence-electron chi connectivity index (χ4n) is 2.01. The van der Waals surface area contributed by atoms with E-state index in [1.807, 2.05) is 0 Å². The quantitative estimate of drug-likeness (QED) is 0.604.